The Morgan fingerprint density at radius 3 is 2.78 bits per heavy atom. The standard InChI is InChI=1S/C16H21BrN4O2/c1-16(2,3)23-15(22)20-7-6-19-14-11-8-10(17)4-5-13(11)21-9-12(14)18/h4-5,8-9H,6-7,18H2,1-3H3,(H,19,21)(H,20,22). The summed E-state index contributed by atoms with van der Waals surface area (Å²) in [5.41, 5.74) is 7.73. The number of hydrogen-bond acceptors (Lipinski definition) is 5. The zero-order valence-corrected chi connectivity index (χ0v) is 15.0. The van der Waals surface area contributed by atoms with E-state index >= 15 is 0 Å². The summed E-state index contributed by atoms with van der Waals surface area (Å²) in [6.45, 7) is 6.42. The number of halogens is 1. The normalized spacial score (nSPS) is 11.3. The van der Waals surface area contributed by atoms with Gasteiger partial charge in [0.15, 0.2) is 0 Å². The molecule has 1 amide bonds. The maximum atomic E-state index is 11.6. The molecule has 0 aliphatic carbocycles. The molecule has 0 saturated carbocycles. The molecule has 0 saturated heterocycles. The molecule has 1 heterocycles. The van der Waals surface area contributed by atoms with E-state index in [-0.39, 0.29) is 0 Å². The van der Waals surface area contributed by atoms with Gasteiger partial charge in [0.1, 0.15) is 5.60 Å². The second-order valence-electron chi connectivity index (χ2n) is 6.11. The monoisotopic (exact) mass is 380 g/mol. The molecule has 0 aliphatic rings. The number of nitrogen functional groups attached to an aromatic ring is 1. The zero-order valence-electron chi connectivity index (χ0n) is 13.4. The maximum absolute atomic E-state index is 11.6. The van der Waals surface area contributed by atoms with E-state index in [1.165, 1.54) is 0 Å². The van der Waals surface area contributed by atoms with Crippen molar-refractivity contribution in [2.75, 3.05) is 24.1 Å². The number of benzene rings is 1. The van der Waals surface area contributed by atoms with Gasteiger partial charge >= 0.3 is 6.09 Å². The van der Waals surface area contributed by atoms with Crippen LogP contribution in [0.2, 0.25) is 0 Å². The van der Waals surface area contributed by atoms with Crippen LogP contribution in [0.15, 0.2) is 28.9 Å². The van der Waals surface area contributed by atoms with Crippen LogP contribution in [0.5, 0.6) is 0 Å². The summed E-state index contributed by atoms with van der Waals surface area (Å²) in [4.78, 5) is 15.9. The van der Waals surface area contributed by atoms with Crippen LogP contribution in [-0.2, 0) is 4.74 Å². The van der Waals surface area contributed by atoms with Gasteiger partial charge in [-0.05, 0) is 39.0 Å². The number of rotatable bonds is 4. The van der Waals surface area contributed by atoms with Gasteiger partial charge in [-0.1, -0.05) is 15.9 Å². The molecule has 124 valence electrons. The molecule has 0 spiro atoms. The molecular formula is C16H21BrN4O2. The Morgan fingerprint density at radius 2 is 2.09 bits per heavy atom. The van der Waals surface area contributed by atoms with E-state index in [1.54, 1.807) is 6.20 Å². The number of anilines is 2. The van der Waals surface area contributed by atoms with Gasteiger partial charge in [0.2, 0.25) is 0 Å². The average Bonchev–Trinajstić information content (AvgIpc) is 2.43. The number of aromatic nitrogens is 1. The first-order valence-electron chi connectivity index (χ1n) is 7.31. The molecule has 1 aromatic heterocycles. The lowest BCUT2D eigenvalue weighted by atomic mass is 10.1. The van der Waals surface area contributed by atoms with Crippen molar-refractivity contribution in [2.24, 2.45) is 0 Å². The number of nitrogens with two attached hydrogens (primary N) is 1. The molecule has 0 aliphatic heterocycles. The van der Waals surface area contributed by atoms with E-state index in [0.29, 0.717) is 18.8 Å². The minimum Gasteiger partial charge on any atom is -0.444 e. The highest BCUT2D eigenvalue weighted by Gasteiger charge is 2.15. The first-order valence-corrected chi connectivity index (χ1v) is 8.10. The Bertz CT molecular complexity index is 708. The highest BCUT2D eigenvalue weighted by molar-refractivity contribution is 9.10. The van der Waals surface area contributed by atoms with Gasteiger partial charge in [-0.2, -0.15) is 0 Å². The topological polar surface area (TPSA) is 89.3 Å². The van der Waals surface area contributed by atoms with Crippen LogP contribution in [0.4, 0.5) is 16.2 Å². The predicted molar refractivity (Wildman–Crippen MR) is 96.6 cm³/mol. The van der Waals surface area contributed by atoms with E-state index in [1.807, 2.05) is 39.0 Å². The Hall–Kier alpha value is -2.02. The average molecular weight is 381 g/mol. The van der Waals surface area contributed by atoms with Crippen molar-refractivity contribution in [3.8, 4) is 0 Å². The third-order valence-electron chi connectivity index (χ3n) is 2.95. The number of fused-ring (bicyclic) bond motifs is 1. The van der Waals surface area contributed by atoms with E-state index in [2.05, 4.69) is 31.5 Å². The van der Waals surface area contributed by atoms with Gasteiger partial charge in [-0.25, -0.2) is 4.79 Å². The molecule has 0 radical (unpaired) electrons. The van der Waals surface area contributed by atoms with Crippen LogP contribution < -0.4 is 16.4 Å². The third-order valence-corrected chi connectivity index (χ3v) is 3.45. The molecule has 23 heavy (non-hydrogen) atoms. The number of carbonyl (C=O) groups excluding carboxylic acids is 1. The Balaban J connectivity index is 1.98. The van der Waals surface area contributed by atoms with Crippen molar-refractivity contribution in [3.05, 3.63) is 28.9 Å². The second kappa shape index (κ2) is 7.04. The Labute approximate surface area is 143 Å². The Morgan fingerprint density at radius 1 is 1.35 bits per heavy atom. The van der Waals surface area contributed by atoms with Crippen molar-refractivity contribution >= 4 is 44.3 Å². The van der Waals surface area contributed by atoms with Gasteiger partial charge in [-0.15, -0.1) is 0 Å². The number of amides is 1. The number of nitrogens with zero attached hydrogens (tertiary/aromatic N) is 1. The van der Waals surface area contributed by atoms with Gasteiger partial charge in [0.25, 0.3) is 0 Å². The van der Waals surface area contributed by atoms with Crippen molar-refractivity contribution in [1.82, 2.24) is 10.3 Å². The molecule has 0 atom stereocenters. The van der Waals surface area contributed by atoms with Gasteiger partial charge < -0.3 is 21.1 Å². The largest absolute Gasteiger partial charge is 0.444 e. The highest BCUT2D eigenvalue weighted by Crippen LogP contribution is 2.29. The van der Waals surface area contributed by atoms with Crippen LogP contribution >= 0.6 is 15.9 Å². The predicted octanol–water partition coefficient (Wildman–Crippen LogP) is 3.52. The first-order chi connectivity index (χ1) is 10.8. The van der Waals surface area contributed by atoms with E-state index < -0.39 is 11.7 Å². The fourth-order valence-corrected chi connectivity index (χ4v) is 2.40. The van der Waals surface area contributed by atoms with Crippen LogP contribution in [0.1, 0.15) is 20.8 Å². The van der Waals surface area contributed by atoms with Crippen LogP contribution in [0.25, 0.3) is 10.9 Å². The van der Waals surface area contributed by atoms with Crippen LogP contribution in [0.3, 0.4) is 0 Å². The third kappa shape index (κ3) is 4.99. The van der Waals surface area contributed by atoms with Crippen molar-refractivity contribution < 1.29 is 9.53 Å². The van der Waals surface area contributed by atoms with Crippen LogP contribution in [-0.4, -0.2) is 29.8 Å². The van der Waals surface area contributed by atoms with E-state index in [0.717, 1.165) is 21.1 Å². The number of nitrogens with one attached hydrogen (secondary N) is 2. The number of pyridine rings is 1. The van der Waals surface area contributed by atoms with Gasteiger partial charge in [0.05, 0.1) is 23.1 Å². The number of hydrogen-bond donors (Lipinski definition) is 3. The number of carbonyl (C=O) groups is 1. The molecule has 2 aromatic rings. The number of alkyl carbamates (subject to hydrolysis) is 1. The van der Waals surface area contributed by atoms with Crippen molar-refractivity contribution in [1.29, 1.82) is 0 Å². The van der Waals surface area contributed by atoms with E-state index in [4.69, 9.17) is 10.5 Å². The lowest BCUT2D eigenvalue weighted by Gasteiger charge is -2.20. The molecule has 7 heteroatoms. The van der Waals surface area contributed by atoms with E-state index in [9.17, 15) is 4.79 Å². The van der Waals surface area contributed by atoms with Gasteiger partial charge in [0, 0.05) is 22.9 Å². The Kier molecular flexibility index (Phi) is 5.30. The van der Waals surface area contributed by atoms with Crippen molar-refractivity contribution in [2.45, 2.75) is 26.4 Å². The first kappa shape index (κ1) is 17.3. The molecule has 6 nitrogen and oxygen atoms in total. The summed E-state index contributed by atoms with van der Waals surface area (Å²) >= 11 is 3.45. The van der Waals surface area contributed by atoms with Crippen LogP contribution in [0, 0.1) is 0 Å². The summed E-state index contributed by atoms with van der Waals surface area (Å²) in [6.07, 6.45) is 1.19. The summed E-state index contributed by atoms with van der Waals surface area (Å²) < 4.78 is 6.13. The SMILES string of the molecule is CC(C)(C)OC(=O)NCCNc1c(N)cnc2ccc(Br)cc12. The molecule has 0 bridgehead atoms. The zero-order chi connectivity index (χ0) is 17.0. The second-order valence-corrected chi connectivity index (χ2v) is 7.02. The fraction of sp³-hybridized carbons (Fsp3) is 0.375. The smallest absolute Gasteiger partial charge is 0.407 e. The fourth-order valence-electron chi connectivity index (χ4n) is 2.04. The highest BCUT2D eigenvalue weighted by atomic mass is 79.9. The maximum Gasteiger partial charge on any atom is 0.407 e. The summed E-state index contributed by atoms with van der Waals surface area (Å²) in [6, 6.07) is 5.81. The minimum absolute atomic E-state index is 0.423. The van der Waals surface area contributed by atoms with Gasteiger partial charge in [-0.3, -0.25) is 4.98 Å². The summed E-state index contributed by atoms with van der Waals surface area (Å²) in [5, 5.41) is 6.87. The summed E-state index contributed by atoms with van der Waals surface area (Å²) in [7, 11) is 0. The molecule has 0 fully saturated rings. The molecule has 4 N–H and O–H groups in total. The van der Waals surface area contributed by atoms with Crippen molar-refractivity contribution in [3.63, 3.8) is 0 Å². The lowest BCUT2D eigenvalue weighted by molar-refractivity contribution is 0.0530. The molecular weight excluding hydrogens is 360 g/mol. The molecule has 2 rings (SSSR count). The molecule has 0 unspecified atom stereocenters. The number of ether oxygens (including phenoxy) is 1. The minimum atomic E-state index is -0.504. The lowest BCUT2D eigenvalue weighted by Crippen LogP contribution is -2.35. The molecule has 1 aromatic carbocycles. The quantitative estimate of drug-likeness (QED) is 0.706. The summed E-state index contributed by atoms with van der Waals surface area (Å²) in [5.74, 6) is 0.